The Morgan fingerprint density at radius 2 is 2.15 bits per heavy atom. The quantitative estimate of drug-likeness (QED) is 0.634. The molecule has 3 N–H and O–H groups in total. The first-order valence-corrected chi connectivity index (χ1v) is 10.1. The summed E-state index contributed by atoms with van der Waals surface area (Å²) in [5, 5.41) is 2.81. The fraction of sp³-hybridized carbons (Fsp3) is 0.529. The molecule has 1 aliphatic rings. The average molecular weight is 400 g/mol. The minimum absolute atomic E-state index is 0.0177. The molecule has 1 aliphatic heterocycles. The van der Waals surface area contributed by atoms with Crippen molar-refractivity contribution in [3.63, 3.8) is 0 Å². The Morgan fingerprint density at radius 3 is 2.67 bits per heavy atom. The molecule has 1 aromatic rings. The number of ether oxygens (including phenoxy) is 1. The molecule has 0 aliphatic carbocycles. The second-order valence-electron chi connectivity index (χ2n) is 6.44. The normalized spacial score (nSPS) is 17.0. The molecule has 1 fully saturated rings. The number of amides is 1. The van der Waals surface area contributed by atoms with E-state index in [-0.39, 0.29) is 35.6 Å². The third-order valence-electron chi connectivity index (χ3n) is 4.37. The molecule has 0 aromatic carbocycles. The molecule has 1 saturated heterocycles. The summed E-state index contributed by atoms with van der Waals surface area (Å²) in [7, 11) is -1.96. The van der Waals surface area contributed by atoms with Crippen molar-refractivity contribution >= 4 is 15.9 Å². The second kappa shape index (κ2) is 9.77. The fourth-order valence-corrected chi connectivity index (χ4v) is 4.32. The molecule has 0 unspecified atom stereocenters. The summed E-state index contributed by atoms with van der Waals surface area (Å²) in [6, 6.07) is 2.87. The van der Waals surface area contributed by atoms with E-state index >= 15 is 0 Å². The van der Waals surface area contributed by atoms with Crippen molar-refractivity contribution in [2.45, 2.75) is 24.2 Å². The van der Waals surface area contributed by atoms with Crippen LogP contribution < -0.4 is 15.8 Å². The zero-order chi connectivity index (χ0) is 19.9. The van der Waals surface area contributed by atoms with Crippen molar-refractivity contribution in [1.29, 1.82) is 0 Å². The number of pyridine rings is 1. The van der Waals surface area contributed by atoms with Crippen LogP contribution >= 0.6 is 0 Å². The summed E-state index contributed by atoms with van der Waals surface area (Å²) in [5.41, 5.74) is 5.61. The predicted octanol–water partition coefficient (Wildman–Crippen LogP) is 0.809. The molecule has 1 amide bonds. The highest BCUT2D eigenvalue weighted by Gasteiger charge is 2.30. The number of nitrogens with two attached hydrogens (primary N) is 1. The molecule has 10 heteroatoms. The van der Waals surface area contributed by atoms with Crippen molar-refractivity contribution in [3.8, 4) is 5.88 Å². The zero-order valence-electron chi connectivity index (χ0n) is 15.2. The first-order chi connectivity index (χ1) is 12.9. The number of hydrogen-bond donors (Lipinski definition) is 2. The highest BCUT2D eigenvalue weighted by Crippen LogP contribution is 2.25. The first kappa shape index (κ1) is 21.3. The Bertz CT molecular complexity index is 760. The van der Waals surface area contributed by atoms with Crippen LogP contribution in [0, 0.1) is 5.92 Å². The molecule has 1 aromatic heterocycles. The predicted molar refractivity (Wildman–Crippen MR) is 98.1 cm³/mol. The maximum Gasteiger partial charge on any atom is 0.244 e. The highest BCUT2D eigenvalue weighted by molar-refractivity contribution is 7.89. The molecular weight excluding hydrogens is 375 g/mol. The molecule has 150 valence electrons. The van der Waals surface area contributed by atoms with Crippen molar-refractivity contribution in [3.05, 3.63) is 30.2 Å². The third-order valence-corrected chi connectivity index (χ3v) is 6.26. The Kier molecular flexibility index (Phi) is 7.69. The lowest BCUT2D eigenvalue weighted by atomic mass is 9.94. The maximum absolute atomic E-state index is 12.7. The number of nitrogens with zero attached hydrogens (tertiary/aromatic N) is 2. The average Bonchev–Trinajstić information content (AvgIpc) is 2.65. The fourth-order valence-electron chi connectivity index (χ4n) is 2.91. The van der Waals surface area contributed by atoms with E-state index in [4.69, 9.17) is 10.5 Å². The van der Waals surface area contributed by atoms with Gasteiger partial charge in [0.2, 0.25) is 21.8 Å². The first-order valence-electron chi connectivity index (χ1n) is 8.67. The van der Waals surface area contributed by atoms with E-state index in [0.29, 0.717) is 44.4 Å². The van der Waals surface area contributed by atoms with Crippen LogP contribution in [-0.2, 0) is 14.8 Å². The van der Waals surface area contributed by atoms with E-state index in [1.165, 1.54) is 22.6 Å². The number of carbonyl (C=O) groups is 1. The summed E-state index contributed by atoms with van der Waals surface area (Å²) in [6.45, 7) is 1.04. The second-order valence-corrected chi connectivity index (χ2v) is 8.37. The van der Waals surface area contributed by atoms with Gasteiger partial charge in [-0.1, -0.05) is 0 Å². The SMILES string of the molecule is CNC/C(=C/F)COc1ccc(S(=O)(=O)N2CCC(CC(N)=O)CC2)cn1. The van der Waals surface area contributed by atoms with E-state index < -0.39 is 10.0 Å². The van der Waals surface area contributed by atoms with E-state index in [1.54, 1.807) is 7.05 Å². The van der Waals surface area contributed by atoms with Crippen LogP contribution in [0.15, 0.2) is 35.1 Å². The Morgan fingerprint density at radius 1 is 1.44 bits per heavy atom. The molecule has 2 heterocycles. The van der Waals surface area contributed by atoms with Crippen LogP contribution in [0.4, 0.5) is 4.39 Å². The summed E-state index contributed by atoms with van der Waals surface area (Å²) < 4.78 is 44.8. The number of aromatic nitrogens is 1. The van der Waals surface area contributed by atoms with Gasteiger partial charge in [0.05, 0.1) is 12.5 Å². The zero-order valence-corrected chi connectivity index (χ0v) is 16.0. The molecule has 0 radical (unpaired) electrons. The van der Waals surface area contributed by atoms with Crippen LogP contribution in [0.25, 0.3) is 0 Å². The van der Waals surface area contributed by atoms with Gasteiger partial charge in [-0.15, -0.1) is 0 Å². The molecule has 0 bridgehead atoms. The van der Waals surface area contributed by atoms with Crippen molar-refractivity contribution in [2.24, 2.45) is 11.7 Å². The van der Waals surface area contributed by atoms with Gasteiger partial charge in [0.25, 0.3) is 0 Å². The molecule has 2 rings (SSSR count). The van der Waals surface area contributed by atoms with Gasteiger partial charge in [0, 0.05) is 37.7 Å². The molecule has 27 heavy (non-hydrogen) atoms. The van der Waals surface area contributed by atoms with E-state index in [1.807, 2.05) is 0 Å². The number of halogens is 1. The molecular formula is C17H25FN4O4S. The smallest absolute Gasteiger partial charge is 0.244 e. The maximum atomic E-state index is 12.7. The van der Waals surface area contributed by atoms with Crippen LogP contribution in [0.1, 0.15) is 19.3 Å². The number of nitrogens with one attached hydrogen (secondary N) is 1. The van der Waals surface area contributed by atoms with E-state index in [9.17, 15) is 17.6 Å². The molecule has 0 atom stereocenters. The minimum atomic E-state index is -3.66. The number of hydrogen-bond acceptors (Lipinski definition) is 6. The summed E-state index contributed by atoms with van der Waals surface area (Å²) in [4.78, 5) is 15.1. The van der Waals surface area contributed by atoms with Crippen LogP contribution in [0.2, 0.25) is 0 Å². The number of piperidine rings is 1. The largest absolute Gasteiger partial charge is 0.473 e. The van der Waals surface area contributed by atoms with Crippen LogP contribution in [0.5, 0.6) is 5.88 Å². The number of likely N-dealkylation sites (N-methyl/N-ethyl adjacent to an activating group) is 1. The lowest BCUT2D eigenvalue weighted by Crippen LogP contribution is -2.39. The Labute approximate surface area is 158 Å². The minimum Gasteiger partial charge on any atom is -0.473 e. The Balaban J connectivity index is 1.96. The summed E-state index contributed by atoms with van der Waals surface area (Å²) in [6.07, 6.45) is 3.18. The summed E-state index contributed by atoms with van der Waals surface area (Å²) >= 11 is 0. The van der Waals surface area contributed by atoms with Crippen molar-refractivity contribution in [1.82, 2.24) is 14.6 Å². The monoisotopic (exact) mass is 400 g/mol. The van der Waals surface area contributed by atoms with Gasteiger partial charge in [0.15, 0.2) is 0 Å². The van der Waals surface area contributed by atoms with Gasteiger partial charge >= 0.3 is 0 Å². The number of primary amides is 1. The topological polar surface area (TPSA) is 115 Å². The molecule has 8 nitrogen and oxygen atoms in total. The lowest BCUT2D eigenvalue weighted by Gasteiger charge is -2.30. The van der Waals surface area contributed by atoms with E-state index in [0.717, 1.165) is 0 Å². The van der Waals surface area contributed by atoms with Crippen LogP contribution in [0.3, 0.4) is 0 Å². The van der Waals surface area contributed by atoms with Gasteiger partial charge < -0.3 is 15.8 Å². The number of carbonyl (C=O) groups excluding carboxylic acids is 1. The van der Waals surface area contributed by atoms with Gasteiger partial charge in [-0.2, -0.15) is 4.31 Å². The highest BCUT2D eigenvalue weighted by atomic mass is 32.2. The van der Waals surface area contributed by atoms with Crippen molar-refractivity contribution < 1.29 is 22.3 Å². The van der Waals surface area contributed by atoms with Gasteiger partial charge in [-0.05, 0) is 31.9 Å². The molecule has 0 saturated carbocycles. The lowest BCUT2D eigenvalue weighted by molar-refractivity contribution is -0.119. The third kappa shape index (κ3) is 5.98. The van der Waals surface area contributed by atoms with Crippen LogP contribution in [-0.4, -0.2) is 56.9 Å². The molecule has 0 spiro atoms. The summed E-state index contributed by atoms with van der Waals surface area (Å²) in [5.74, 6) is -0.0284. The standard InChI is InChI=1S/C17H25FN4O4S/c1-20-10-14(9-18)12-26-17-3-2-15(11-21-17)27(24,25)22-6-4-13(5-7-22)8-16(19)23/h2-3,9,11,13,20H,4-8,10,12H2,1H3,(H2,19,23)/b14-9-. The van der Waals surface area contributed by atoms with Crippen molar-refractivity contribution in [2.75, 3.05) is 33.3 Å². The van der Waals surface area contributed by atoms with Gasteiger partial charge in [-0.3, -0.25) is 4.79 Å². The number of rotatable bonds is 9. The number of sulfonamides is 1. The van der Waals surface area contributed by atoms with E-state index in [2.05, 4.69) is 10.3 Å². The van der Waals surface area contributed by atoms with Gasteiger partial charge in [-0.25, -0.2) is 17.8 Å². The van der Waals surface area contributed by atoms with Gasteiger partial charge in [0.1, 0.15) is 11.5 Å². The Hall–Kier alpha value is -2.04.